The molecule has 1 saturated heterocycles. The average Bonchev–Trinajstić information content (AvgIpc) is 3.06. The third kappa shape index (κ3) is 4.22. The monoisotopic (exact) mass is 353 g/mol. The summed E-state index contributed by atoms with van der Waals surface area (Å²) in [6.45, 7) is 2.85. The standard InChI is InChI=1S/C21H27N3O2/c1-16-6-8-17(9-7-16)15-19-20(26-3)5-4-14-24(19)21(25)11-10-18-12-13-22-23(18)2/h6-13,19-20H,4-5,14-15H2,1-3H3/b11-10+/t19-,20-/m0/s1. The third-order valence-electron chi connectivity index (χ3n) is 5.12. The van der Waals surface area contributed by atoms with Gasteiger partial charge in [-0.05, 0) is 43.9 Å². The Morgan fingerprint density at radius 3 is 2.73 bits per heavy atom. The van der Waals surface area contributed by atoms with E-state index >= 15 is 0 Å². The topological polar surface area (TPSA) is 47.4 Å². The molecule has 26 heavy (non-hydrogen) atoms. The van der Waals surface area contributed by atoms with Crippen LogP contribution in [0.4, 0.5) is 0 Å². The highest BCUT2D eigenvalue weighted by atomic mass is 16.5. The van der Waals surface area contributed by atoms with Gasteiger partial charge in [-0.1, -0.05) is 29.8 Å². The van der Waals surface area contributed by atoms with Crippen molar-refractivity contribution in [3.63, 3.8) is 0 Å². The van der Waals surface area contributed by atoms with Gasteiger partial charge >= 0.3 is 0 Å². The highest BCUT2D eigenvalue weighted by Crippen LogP contribution is 2.24. The highest BCUT2D eigenvalue weighted by Gasteiger charge is 2.33. The van der Waals surface area contributed by atoms with Crippen LogP contribution in [0, 0.1) is 6.92 Å². The van der Waals surface area contributed by atoms with Gasteiger partial charge in [-0.3, -0.25) is 9.48 Å². The second-order valence-corrected chi connectivity index (χ2v) is 6.92. The molecule has 0 unspecified atom stereocenters. The number of aromatic nitrogens is 2. The lowest BCUT2D eigenvalue weighted by Gasteiger charge is -2.40. The molecule has 1 aliphatic heterocycles. The van der Waals surface area contributed by atoms with Crippen LogP contribution in [0.5, 0.6) is 0 Å². The molecule has 1 fully saturated rings. The minimum absolute atomic E-state index is 0.0325. The van der Waals surface area contributed by atoms with Crippen LogP contribution in [0.2, 0.25) is 0 Å². The molecule has 3 rings (SSSR count). The highest BCUT2D eigenvalue weighted by molar-refractivity contribution is 5.91. The van der Waals surface area contributed by atoms with E-state index in [0.717, 1.165) is 31.5 Å². The minimum Gasteiger partial charge on any atom is -0.379 e. The zero-order valence-electron chi connectivity index (χ0n) is 15.8. The Labute approximate surface area is 155 Å². The molecule has 2 atom stereocenters. The molecule has 1 aromatic heterocycles. The molecular formula is C21H27N3O2. The van der Waals surface area contributed by atoms with Gasteiger partial charge in [0.2, 0.25) is 5.91 Å². The van der Waals surface area contributed by atoms with E-state index in [4.69, 9.17) is 4.74 Å². The van der Waals surface area contributed by atoms with Crippen LogP contribution in [0.1, 0.15) is 29.7 Å². The number of likely N-dealkylation sites (tertiary alicyclic amines) is 1. The predicted octanol–water partition coefficient (Wildman–Crippen LogP) is 2.99. The number of carbonyl (C=O) groups excluding carboxylic acids is 1. The Morgan fingerprint density at radius 2 is 2.08 bits per heavy atom. The number of benzene rings is 1. The van der Waals surface area contributed by atoms with Crippen LogP contribution < -0.4 is 0 Å². The summed E-state index contributed by atoms with van der Waals surface area (Å²) in [7, 11) is 3.61. The van der Waals surface area contributed by atoms with Crippen molar-refractivity contribution in [2.75, 3.05) is 13.7 Å². The normalized spacial score (nSPS) is 20.7. The molecule has 1 aliphatic rings. The van der Waals surface area contributed by atoms with E-state index in [1.54, 1.807) is 24.1 Å². The van der Waals surface area contributed by atoms with Crippen molar-refractivity contribution < 1.29 is 9.53 Å². The van der Waals surface area contributed by atoms with Crippen molar-refractivity contribution >= 4 is 12.0 Å². The van der Waals surface area contributed by atoms with E-state index in [-0.39, 0.29) is 18.1 Å². The molecule has 0 radical (unpaired) electrons. The van der Waals surface area contributed by atoms with E-state index in [1.165, 1.54) is 11.1 Å². The maximum Gasteiger partial charge on any atom is 0.246 e. The molecule has 5 nitrogen and oxygen atoms in total. The number of aryl methyl sites for hydroxylation is 2. The molecule has 2 aromatic rings. The summed E-state index contributed by atoms with van der Waals surface area (Å²) >= 11 is 0. The fourth-order valence-electron chi connectivity index (χ4n) is 3.58. The first kappa shape index (κ1) is 18.4. The Kier molecular flexibility index (Phi) is 5.89. The van der Waals surface area contributed by atoms with Crippen LogP contribution in [0.25, 0.3) is 6.08 Å². The van der Waals surface area contributed by atoms with Gasteiger partial charge in [0.25, 0.3) is 0 Å². The summed E-state index contributed by atoms with van der Waals surface area (Å²) in [5, 5.41) is 4.13. The van der Waals surface area contributed by atoms with Crippen LogP contribution in [-0.4, -0.2) is 46.4 Å². The number of methoxy groups -OCH3 is 1. The van der Waals surface area contributed by atoms with Gasteiger partial charge < -0.3 is 9.64 Å². The van der Waals surface area contributed by atoms with Crippen molar-refractivity contribution in [2.24, 2.45) is 7.05 Å². The van der Waals surface area contributed by atoms with Gasteiger partial charge in [-0.2, -0.15) is 5.10 Å². The van der Waals surface area contributed by atoms with E-state index in [0.29, 0.717) is 0 Å². The number of ether oxygens (including phenoxy) is 1. The van der Waals surface area contributed by atoms with E-state index in [1.807, 2.05) is 24.1 Å². The Hall–Kier alpha value is -2.40. The fraction of sp³-hybridized carbons (Fsp3) is 0.429. The molecular weight excluding hydrogens is 326 g/mol. The summed E-state index contributed by atoms with van der Waals surface area (Å²) in [6, 6.07) is 10.5. The van der Waals surface area contributed by atoms with Gasteiger partial charge in [0.1, 0.15) is 0 Å². The number of nitrogens with zero attached hydrogens (tertiary/aromatic N) is 3. The Morgan fingerprint density at radius 1 is 1.31 bits per heavy atom. The van der Waals surface area contributed by atoms with Crippen LogP contribution >= 0.6 is 0 Å². The van der Waals surface area contributed by atoms with Crippen molar-refractivity contribution in [2.45, 2.75) is 38.3 Å². The molecule has 0 saturated carbocycles. The van der Waals surface area contributed by atoms with Gasteiger partial charge in [-0.15, -0.1) is 0 Å². The summed E-state index contributed by atoms with van der Waals surface area (Å²) in [5.74, 6) is 0.0325. The third-order valence-corrected chi connectivity index (χ3v) is 5.12. The smallest absolute Gasteiger partial charge is 0.246 e. The number of hydrogen-bond donors (Lipinski definition) is 0. The minimum atomic E-state index is 0.0325. The van der Waals surface area contributed by atoms with Crippen molar-refractivity contribution in [3.8, 4) is 0 Å². The Bertz CT molecular complexity index is 764. The molecule has 2 heterocycles. The van der Waals surface area contributed by atoms with Gasteiger partial charge in [0, 0.05) is 33.0 Å². The number of hydrogen-bond acceptors (Lipinski definition) is 3. The first-order valence-electron chi connectivity index (χ1n) is 9.13. The average molecular weight is 353 g/mol. The lowest BCUT2D eigenvalue weighted by atomic mass is 9.92. The molecule has 0 N–H and O–H groups in total. The summed E-state index contributed by atoms with van der Waals surface area (Å²) < 4.78 is 7.47. The molecule has 1 aromatic carbocycles. The quantitative estimate of drug-likeness (QED) is 0.777. The lowest BCUT2D eigenvalue weighted by Crippen LogP contribution is -2.52. The maximum absolute atomic E-state index is 12.9. The second kappa shape index (κ2) is 8.32. The van der Waals surface area contributed by atoms with Crippen molar-refractivity contribution in [1.82, 2.24) is 14.7 Å². The molecule has 5 heteroatoms. The molecule has 138 valence electrons. The van der Waals surface area contributed by atoms with E-state index < -0.39 is 0 Å². The molecule has 1 amide bonds. The van der Waals surface area contributed by atoms with E-state index in [9.17, 15) is 4.79 Å². The van der Waals surface area contributed by atoms with Crippen molar-refractivity contribution in [1.29, 1.82) is 0 Å². The van der Waals surface area contributed by atoms with Gasteiger partial charge in [-0.25, -0.2) is 0 Å². The second-order valence-electron chi connectivity index (χ2n) is 6.92. The molecule has 0 aliphatic carbocycles. The summed E-state index contributed by atoms with van der Waals surface area (Å²) in [4.78, 5) is 14.8. The lowest BCUT2D eigenvalue weighted by molar-refractivity contribution is -0.134. The van der Waals surface area contributed by atoms with Gasteiger partial charge in [0.05, 0.1) is 17.8 Å². The number of amides is 1. The fourth-order valence-corrected chi connectivity index (χ4v) is 3.58. The van der Waals surface area contributed by atoms with Gasteiger partial charge in [0.15, 0.2) is 0 Å². The van der Waals surface area contributed by atoms with Crippen LogP contribution in [0.3, 0.4) is 0 Å². The number of carbonyl (C=O) groups is 1. The zero-order valence-corrected chi connectivity index (χ0v) is 15.8. The van der Waals surface area contributed by atoms with Crippen LogP contribution in [-0.2, 0) is 23.0 Å². The number of rotatable bonds is 5. The molecule has 0 bridgehead atoms. The Balaban J connectivity index is 1.77. The first-order valence-corrected chi connectivity index (χ1v) is 9.13. The largest absolute Gasteiger partial charge is 0.379 e. The predicted molar refractivity (Wildman–Crippen MR) is 103 cm³/mol. The number of piperidine rings is 1. The SMILES string of the molecule is CO[C@H]1CCCN(C(=O)/C=C/c2ccnn2C)[C@H]1Cc1ccc(C)cc1. The first-order chi connectivity index (χ1) is 12.6. The van der Waals surface area contributed by atoms with Crippen LogP contribution in [0.15, 0.2) is 42.6 Å². The molecule has 0 spiro atoms. The summed E-state index contributed by atoms with van der Waals surface area (Å²) in [6.07, 6.45) is 8.04. The zero-order chi connectivity index (χ0) is 18.5. The van der Waals surface area contributed by atoms with Crippen molar-refractivity contribution in [3.05, 3.63) is 59.4 Å². The summed E-state index contributed by atoms with van der Waals surface area (Å²) in [5.41, 5.74) is 3.39. The maximum atomic E-state index is 12.9. The van der Waals surface area contributed by atoms with E-state index in [2.05, 4.69) is 36.3 Å².